The van der Waals surface area contributed by atoms with Crippen molar-refractivity contribution < 1.29 is 4.39 Å². The molecular weight excluding hydrogens is 263 g/mol. The number of hydrogen-bond acceptors (Lipinski definition) is 2. The number of para-hydroxylation sites is 1. The number of anilines is 1. The molecule has 0 amide bonds. The van der Waals surface area contributed by atoms with E-state index in [0.29, 0.717) is 17.7 Å². The summed E-state index contributed by atoms with van der Waals surface area (Å²) in [5, 5.41) is 8.81. The van der Waals surface area contributed by atoms with Gasteiger partial charge in [-0.2, -0.15) is 5.26 Å². The van der Waals surface area contributed by atoms with Gasteiger partial charge in [-0.3, -0.25) is 0 Å². The van der Waals surface area contributed by atoms with E-state index >= 15 is 0 Å². The van der Waals surface area contributed by atoms with Gasteiger partial charge in [0.05, 0.1) is 11.6 Å². The summed E-state index contributed by atoms with van der Waals surface area (Å²) in [5.41, 5.74) is 3.56. The topological polar surface area (TPSA) is 27.0 Å². The van der Waals surface area contributed by atoms with Gasteiger partial charge in [0.1, 0.15) is 5.82 Å². The van der Waals surface area contributed by atoms with Crippen molar-refractivity contribution in [1.82, 2.24) is 0 Å². The zero-order valence-electron chi connectivity index (χ0n) is 11.8. The largest absolute Gasteiger partial charge is 0.367 e. The summed E-state index contributed by atoms with van der Waals surface area (Å²) in [4.78, 5) is 2.24. The highest BCUT2D eigenvalue weighted by Gasteiger charge is 2.16. The van der Waals surface area contributed by atoms with Crippen LogP contribution in [0.3, 0.4) is 0 Å². The maximum Gasteiger partial charge on any atom is 0.129 e. The summed E-state index contributed by atoms with van der Waals surface area (Å²) in [7, 11) is 0. The molecule has 0 saturated heterocycles. The first-order chi connectivity index (χ1) is 10.3. The smallest absolute Gasteiger partial charge is 0.129 e. The lowest BCUT2D eigenvalue weighted by molar-refractivity contribution is 0.601. The monoisotopic (exact) mass is 280 g/mol. The van der Waals surface area contributed by atoms with E-state index in [-0.39, 0.29) is 5.82 Å². The Labute approximate surface area is 124 Å². The fraction of sp³-hybridized carbons (Fsp3) is 0.278. The third kappa shape index (κ3) is 2.90. The van der Waals surface area contributed by atoms with E-state index in [1.54, 1.807) is 12.1 Å². The minimum atomic E-state index is -0.296. The number of benzene rings is 2. The fourth-order valence-corrected chi connectivity index (χ4v) is 2.88. The van der Waals surface area contributed by atoms with Gasteiger partial charge in [-0.25, -0.2) is 4.39 Å². The minimum Gasteiger partial charge on any atom is -0.367 e. The molecule has 2 aromatic rings. The first kappa shape index (κ1) is 13.6. The van der Waals surface area contributed by atoms with Crippen molar-refractivity contribution in [3.63, 3.8) is 0 Å². The number of nitriles is 1. The van der Waals surface area contributed by atoms with Crippen molar-refractivity contribution in [2.45, 2.75) is 25.8 Å². The van der Waals surface area contributed by atoms with Crippen LogP contribution in [-0.4, -0.2) is 6.54 Å². The maximum atomic E-state index is 14.1. The molecule has 0 bridgehead atoms. The first-order valence-corrected chi connectivity index (χ1v) is 7.29. The average Bonchev–Trinajstić information content (AvgIpc) is 2.72. The number of aryl methyl sites for hydroxylation is 1. The highest BCUT2D eigenvalue weighted by atomic mass is 19.1. The maximum absolute atomic E-state index is 14.1. The Bertz CT molecular complexity index is 688. The van der Waals surface area contributed by atoms with E-state index in [0.717, 1.165) is 19.4 Å². The van der Waals surface area contributed by atoms with Crippen LogP contribution < -0.4 is 4.90 Å². The zero-order valence-corrected chi connectivity index (χ0v) is 11.8. The molecule has 1 aliphatic heterocycles. The van der Waals surface area contributed by atoms with Gasteiger partial charge in [0.15, 0.2) is 0 Å². The van der Waals surface area contributed by atoms with Gasteiger partial charge in [0, 0.05) is 24.3 Å². The predicted octanol–water partition coefficient (Wildman–Crippen LogP) is 4.04. The number of rotatable bonds is 2. The van der Waals surface area contributed by atoms with Gasteiger partial charge in [0.2, 0.25) is 0 Å². The minimum absolute atomic E-state index is 0.296. The van der Waals surface area contributed by atoms with Crippen LogP contribution in [0.25, 0.3) is 0 Å². The van der Waals surface area contributed by atoms with E-state index in [2.05, 4.69) is 23.1 Å². The molecule has 106 valence electrons. The predicted molar refractivity (Wildman–Crippen MR) is 81.5 cm³/mol. The highest BCUT2D eigenvalue weighted by molar-refractivity contribution is 5.55. The molecule has 3 rings (SSSR count). The summed E-state index contributed by atoms with van der Waals surface area (Å²) in [6, 6.07) is 15.1. The second-order valence-electron chi connectivity index (χ2n) is 5.43. The van der Waals surface area contributed by atoms with Crippen LogP contribution in [-0.2, 0) is 13.0 Å². The Morgan fingerprint density at radius 3 is 2.81 bits per heavy atom. The van der Waals surface area contributed by atoms with E-state index in [9.17, 15) is 4.39 Å². The van der Waals surface area contributed by atoms with Gasteiger partial charge in [0.25, 0.3) is 0 Å². The summed E-state index contributed by atoms with van der Waals surface area (Å²) in [6.07, 6.45) is 3.37. The van der Waals surface area contributed by atoms with E-state index in [1.807, 2.05) is 12.1 Å². The Balaban J connectivity index is 1.90. The standard InChI is InChI=1S/C18H17FN2/c19-17-11-14(12-20)8-9-16(17)13-21-10-4-3-6-15-5-1-2-7-18(15)21/h1-2,5,7-9,11H,3-4,6,10,13H2. The molecule has 3 heteroatoms. The Kier molecular flexibility index (Phi) is 3.87. The SMILES string of the molecule is N#Cc1ccc(CN2CCCCc3ccccc32)c(F)c1. The summed E-state index contributed by atoms with van der Waals surface area (Å²) < 4.78 is 14.1. The Morgan fingerprint density at radius 1 is 1.14 bits per heavy atom. The third-order valence-electron chi connectivity index (χ3n) is 4.00. The van der Waals surface area contributed by atoms with Gasteiger partial charge in [-0.15, -0.1) is 0 Å². The van der Waals surface area contributed by atoms with Crippen molar-refractivity contribution in [2.24, 2.45) is 0 Å². The van der Waals surface area contributed by atoms with Crippen molar-refractivity contribution in [2.75, 3.05) is 11.4 Å². The molecule has 2 aromatic carbocycles. The molecule has 0 radical (unpaired) electrons. The van der Waals surface area contributed by atoms with Crippen molar-refractivity contribution in [3.8, 4) is 6.07 Å². The van der Waals surface area contributed by atoms with Crippen molar-refractivity contribution in [1.29, 1.82) is 5.26 Å². The van der Waals surface area contributed by atoms with Crippen LogP contribution in [0, 0.1) is 17.1 Å². The molecule has 0 spiro atoms. The number of fused-ring (bicyclic) bond motifs is 1. The van der Waals surface area contributed by atoms with Crippen LogP contribution in [0.1, 0.15) is 29.5 Å². The lowest BCUT2D eigenvalue weighted by Gasteiger charge is -2.25. The van der Waals surface area contributed by atoms with Crippen LogP contribution in [0.4, 0.5) is 10.1 Å². The molecule has 1 aliphatic rings. The third-order valence-corrected chi connectivity index (χ3v) is 4.00. The van der Waals surface area contributed by atoms with E-state index in [1.165, 1.54) is 23.7 Å². The van der Waals surface area contributed by atoms with E-state index < -0.39 is 0 Å². The Morgan fingerprint density at radius 2 is 2.00 bits per heavy atom. The summed E-state index contributed by atoms with van der Waals surface area (Å²) in [6.45, 7) is 1.49. The van der Waals surface area contributed by atoms with E-state index in [4.69, 9.17) is 5.26 Å². The highest BCUT2D eigenvalue weighted by Crippen LogP contribution is 2.28. The molecule has 0 N–H and O–H groups in total. The van der Waals surface area contributed by atoms with Gasteiger partial charge in [-0.1, -0.05) is 24.3 Å². The average molecular weight is 280 g/mol. The van der Waals surface area contributed by atoms with Gasteiger partial charge in [-0.05, 0) is 43.0 Å². The number of halogens is 1. The summed E-state index contributed by atoms with van der Waals surface area (Å²) >= 11 is 0. The molecule has 1 heterocycles. The molecule has 0 aliphatic carbocycles. The second kappa shape index (κ2) is 5.97. The number of hydrogen-bond donors (Lipinski definition) is 0. The lowest BCUT2D eigenvalue weighted by atomic mass is 10.1. The van der Waals surface area contributed by atoms with Gasteiger partial charge >= 0.3 is 0 Å². The first-order valence-electron chi connectivity index (χ1n) is 7.29. The lowest BCUT2D eigenvalue weighted by Crippen LogP contribution is -2.24. The molecule has 0 aromatic heterocycles. The molecule has 0 saturated carbocycles. The molecule has 0 fully saturated rings. The Hall–Kier alpha value is -2.34. The van der Waals surface area contributed by atoms with Crippen LogP contribution in [0.2, 0.25) is 0 Å². The van der Waals surface area contributed by atoms with Crippen LogP contribution >= 0.6 is 0 Å². The molecule has 0 unspecified atom stereocenters. The summed E-state index contributed by atoms with van der Waals surface area (Å²) in [5.74, 6) is -0.296. The van der Waals surface area contributed by atoms with Crippen molar-refractivity contribution in [3.05, 3.63) is 65.0 Å². The second-order valence-corrected chi connectivity index (χ2v) is 5.43. The van der Waals surface area contributed by atoms with Crippen molar-refractivity contribution >= 4 is 5.69 Å². The van der Waals surface area contributed by atoms with Crippen LogP contribution in [0.15, 0.2) is 42.5 Å². The van der Waals surface area contributed by atoms with Gasteiger partial charge < -0.3 is 4.90 Å². The zero-order chi connectivity index (χ0) is 14.7. The molecule has 0 atom stereocenters. The molecule has 2 nitrogen and oxygen atoms in total. The molecular formula is C18H17FN2. The molecule has 21 heavy (non-hydrogen) atoms. The quantitative estimate of drug-likeness (QED) is 0.830. The normalized spacial score (nSPS) is 14.2. The van der Waals surface area contributed by atoms with Crippen LogP contribution in [0.5, 0.6) is 0 Å². The fourth-order valence-electron chi connectivity index (χ4n) is 2.88. The number of nitrogens with zero attached hydrogens (tertiary/aromatic N) is 2.